The lowest BCUT2D eigenvalue weighted by Crippen LogP contribution is -2.46. The maximum Gasteiger partial charge on any atom is 0.274 e. The average molecular weight is 390 g/mol. The van der Waals surface area contributed by atoms with E-state index in [0.717, 1.165) is 56.8 Å². The number of H-pyrrole nitrogens is 1. The van der Waals surface area contributed by atoms with E-state index in [4.69, 9.17) is 4.74 Å². The van der Waals surface area contributed by atoms with E-state index < -0.39 is 0 Å². The summed E-state index contributed by atoms with van der Waals surface area (Å²) in [5, 5.41) is 7.46. The van der Waals surface area contributed by atoms with Crippen molar-refractivity contribution in [3.63, 3.8) is 0 Å². The largest absolute Gasteiger partial charge is 0.369 e. The van der Waals surface area contributed by atoms with Crippen LogP contribution in [0, 0.1) is 0 Å². The lowest BCUT2D eigenvalue weighted by Gasteiger charge is -2.37. The van der Waals surface area contributed by atoms with Crippen LogP contribution in [0.4, 0.5) is 0 Å². The van der Waals surface area contributed by atoms with Crippen molar-refractivity contribution in [3.05, 3.63) is 17.0 Å². The van der Waals surface area contributed by atoms with Crippen LogP contribution in [-0.2, 0) is 11.2 Å². The lowest BCUT2D eigenvalue weighted by atomic mass is 9.99. The SMILES string of the molecule is CCN1CCC(N2CCCN(C(=O)c3n[nH]c4c3C[C@H](C)O[C@@H]4C)CC2)CC1. The number of carbonyl (C=O) groups excluding carboxylic acids is 1. The molecule has 2 atom stereocenters. The number of amides is 1. The van der Waals surface area contributed by atoms with Crippen molar-refractivity contribution >= 4 is 5.91 Å². The fourth-order valence-corrected chi connectivity index (χ4v) is 5.11. The number of fused-ring (bicyclic) bond motifs is 1. The molecule has 7 heteroatoms. The van der Waals surface area contributed by atoms with Crippen molar-refractivity contribution in [3.8, 4) is 0 Å². The molecule has 0 aliphatic carbocycles. The molecule has 3 aliphatic rings. The lowest BCUT2D eigenvalue weighted by molar-refractivity contribution is -0.00702. The number of likely N-dealkylation sites (tertiary alicyclic amines) is 1. The highest BCUT2D eigenvalue weighted by Crippen LogP contribution is 2.30. The Kier molecular flexibility index (Phi) is 6.04. The van der Waals surface area contributed by atoms with Gasteiger partial charge in [-0.15, -0.1) is 0 Å². The van der Waals surface area contributed by atoms with Gasteiger partial charge in [0.2, 0.25) is 0 Å². The molecule has 1 N–H and O–H groups in total. The number of nitrogens with zero attached hydrogens (tertiary/aromatic N) is 4. The number of aromatic nitrogens is 2. The fraction of sp³-hybridized carbons (Fsp3) is 0.810. The first-order valence-corrected chi connectivity index (χ1v) is 11.0. The smallest absolute Gasteiger partial charge is 0.274 e. The molecule has 1 amide bonds. The molecule has 0 unspecified atom stereocenters. The van der Waals surface area contributed by atoms with Crippen molar-refractivity contribution < 1.29 is 9.53 Å². The Morgan fingerprint density at radius 1 is 1.14 bits per heavy atom. The number of nitrogens with one attached hydrogen (secondary N) is 1. The summed E-state index contributed by atoms with van der Waals surface area (Å²) in [6.45, 7) is 13.6. The maximum absolute atomic E-state index is 13.2. The third kappa shape index (κ3) is 3.98. The minimum absolute atomic E-state index is 0.0265. The van der Waals surface area contributed by atoms with Crippen LogP contribution in [0.25, 0.3) is 0 Å². The van der Waals surface area contributed by atoms with Gasteiger partial charge in [0.05, 0.1) is 17.9 Å². The summed E-state index contributed by atoms with van der Waals surface area (Å²) in [6.07, 6.45) is 4.41. The summed E-state index contributed by atoms with van der Waals surface area (Å²) < 4.78 is 5.86. The minimum Gasteiger partial charge on any atom is -0.369 e. The molecule has 0 spiro atoms. The Balaban J connectivity index is 1.39. The highest BCUT2D eigenvalue weighted by atomic mass is 16.5. The monoisotopic (exact) mass is 389 g/mol. The van der Waals surface area contributed by atoms with Gasteiger partial charge in [-0.2, -0.15) is 5.10 Å². The standard InChI is InChI=1S/C21H35N5O2/c1-4-24-10-6-17(7-11-24)25-8-5-9-26(13-12-25)21(27)20-18-14-15(2)28-16(3)19(18)22-23-20/h15-17H,4-14H2,1-3H3,(H,22,23)/t15-,16+/m0/s1. The first kappa shape index (κ1) is 19.9. The average Bonchev–Trinajstić information content (AvgIpc) is 2.96. The fourth-order valence-electron chi connectivity index (χ4n) is 5.11. The molecule has 1 aromatic rings. The summed E-state index contributed by atoms with van der Waals surface area (Å²) in [7, 11) is 0. The summed E-state index contributed by atoms with van der Waals surface area (Å²) >= 11 is 0. The number of carbonyl (C=O) groups is 1. The molecule has 0 saturated carbocycles. The van der Waals surface area contributed by atoms with Crippen LogP contribution in [0.1, 0.15) is 67.9 Å². The normalized spacial score (nSPS) is 28.2. The van der Waals surface area contributed by atoms with E-state index in [9.17, 15) is 4.79 Å². The zero-order valence-corrected chi connectivity index (χ0v) is 17.6. The van der Waals surface area contributed by atoms with E-state index in [-0.39, 0.29) is 18.1 Å². The summed E-state index contributed by atoms with van der Waals surface area (Å²) in [5.74, 6) is 0.0847. The van der Waals surface area contributed by atoms with Crippen molar-refractivity contribution in [1.29, 1.82) is 0 Å². The molecule has 4 heterocycles. The summed E-state index contributed by atoms with van der Waals surface area (Å²) in [4.78, 5) is 20.4. The Bertz CT molecular complexity index is 682. The predicted octanol–water partition coefficient (Wildman–Crippen LogP) is 2.06. The van der Waals surface area contributed by atoms with Crippen molar-refractivity contribution in [2.75, 3.05) is 45.8 Å². The van der Waals surface area contributed by atoms with Gasteiger partial charge < -0.3 is 14.5 Å². The molecule has 28 heavy (non-hydrogen) atoms. The minimum atomic E-state index is -0.0265. The number of ether oxygens (including phenoxy) is 1. The van der Waals surface area contributed by atoms with Crippen molar-refractivity contribution in [2.45, 2.75) is 64.7 Å². The quantitative estimate of drug-likeness (QED) is 0.857. The Morgan fingerprint density at radius 3 is 2.68 bits per heavy atom. The molecule has 3 aliphatic heterocycles. The second-order valence-electron chi connectivity index (χ2n) is 8.60. The van der Waals surface area contributed by atoms with Gasteiger partial charge in [-0.05, 0) is 52.7 Å². The van der Waals surface area contributed by atoms with E-state index in [0.29, 0.717) is 11.7 Å². The van der Waals surface area contributed by atoms with Gasteiger partial charge in [-0.25, -0.2) is 0 Å². The van der Waals surface area contributed by atoms with Gasteiger partial charge in [-0.3, -0.25) is 14.8 Å². The zero-order chi connectivity index (χ0) is 19.7. The first-order valence-electron chi connectivity index (χ1n) is 11.0. The zero-order valence-electron chi connectivity index (χ0n) is 17.6. The van der Waals surface area contributed by atoms with Crippen LogP contribution in [0.2, 0.25) is 0 Å². The molecule has 156 valence electrons. The molecule has 0 aromatic carbocycles. The Labute approximate surface area is 168 Å². The molecular weight excluding hydrogens is 354 g/mol. The molecule has 2 fully saturated rings. The molecule has 0 radical (unpaired) electrons. The Morgan fingerprint density at radius 2 is 1.93 bits per heavy atom. The molecule has 0 bridgehead atoms. The van der Waals surface area contributed by atoms with Crippen LogP contribution < -0.4 is 0 Å². The molecule has 7 nitrogen and oxygen atoms in total. The number of hydrogen-bond donors (Lipinski definition) is 1. The van der Waals surface area contributed by atoms with Crippen molar-refractivity contribution in [2.24, 2.45) is 0 Å². The maximum atomic E-state index is 13.2. The number of hydrogen-bond acceptors (Lipinski definition) is 5. The Hall–Kier alpha value is -1.44. The highest BCUT2D eigenvalue weighted by Gasteiger charge is 2.33. The summed E-state index contributed by atoms with van der Waals surface area (Å²) in [6, 6.07) is 0.676. The summed E-state index contributed by atoms with van der Waals surface area (Å²) in [5.41, 5.74) is 2.64. The molecule has 2 saturated heterocycles. The topological polar surface area (TPSA) is 64.7 Å². The van der Waals surface area contributed by atoms with E-state index >= 15 is 0 Å². The molecule has 4 rings (SSSR count). The second kappa shape index (κ2) is 8.51. The second-order valence-corrected chi connectivity index (χ2v) is 8.60. The van der Waals surface area contributed by atoms with Crippen LogP contribution in [-0.4, -0.2) is 88.8 Å². The molecule has 1 aromatic heterocycles. The van der Waals surface area contributed by atoms with E-state index in [1.807, 2.05) is 11.8 Å². The van der Waals surface area contributed by atoms with Gasteiger partial charge in [0.25, 0.3) is 5.91 Å². The molecular formula is C21H35N5O2. The van der Waals surface area contributed by atoms with E-state index in [1.165, 1.54) is 25.9 Å². The highest BCUT2D eigenvalue weighted by molar-refractivity contribution is 5.94. The van der Waals surface area contributed by atoms with Gasteiger partial charge in [-0.1, -0.05) is 6.92 Å². The van der Waals surface area contributed by atoms with Gasteiger partial charge >= 0.3 is 0 Å². The van der Waals surface area contributed by atoms with Gasteiger partial charge in [0.1, 0.15) is 0 Å². The van der Waals surface area contributed by atoms with Crippen LogP contribution in [0.5, 0.6) is 0 Å². The number of piperidine rings is 1. The van der Waals surface area contributed by atoms with E-state index in [2.05, 4.69) is 33.8 Å². The van der Waals surface area contributed by atoms with Crippen LogP contribution in [0.3, 0.4) is 0 Å². The number of rotatable bonds is 3. The third-order valence-corrected chi connectivity index (χ3v) is 6.77. The van der Waals surface area contributed by atoms with Crippen molar-refractivity contribution in [1.82, 2.24) is 24.9 Å². The van der Waals surface area contributed by atoms with Crippen LogP contribution >= 0.6 is 0 Å². The van der Waals surface area contributed by atoms with Gasteiger partial charge in [0.15, 0.2) is 5.69 Å². The predicted molar refractivity (Wildman–Crippen MR) is 108 cm³/mol. The van der Waals surface area contributed by atoms with E-state index in [1.54, 1.807) is 0 Å². The third-order valence-electron chi connectivity index (χ3n) is 6.77. The number of aromatic amines is 1. The first-order chi connectivity index (χ1) is 13.6. The van der Waals surface area contributed by atoms with Gasteiger partial charge in [0, 0.05) is 44.2 Å². The van der Waals surface area contributed by atoms with Crippen LogP contribution in [0.15, 0.2) is 0 Å².